The number of halogens is 3. The molecule has 0 saturated heterocycles. The topological polar surface area (TPSA) is 15.3 Å². The summed E-state index contributed by atoms with van der Waals surface area (Å²) in [6.45, 7) is 0.264. The number of anilines is 1. The zero-order chi connectivity index (χ0) is 12.1. The molecule has 1 aromatic carbocycles. The Hall–Kier alpha value is -0.870. The van der Waals surface area contributed by atoms with Crippen LogP contribution >= 0.6 is 11.6 Å². The van der Waals surface area contributed by atoms with Crippen LogP contribution in [0, 0.1) is 0 Å². The van der Waals surface area contributed by atoms with E-state index < -0.39 is 6.43 Å². The van der Waals surface area contributed by atoms with Crippen molar-refractivity contribution in [2.24, 2.45) is 0 Å². The minimum atomic E-state index is -2.36. The van der Waals surface area contributed by atoms with Gasteiger partial charge >= 0.3 is 0 Å². The standard InChI is InChI=1S/C11H15ClF2N2/c1-15-6-8-9(12)4-3-5-10(8)16(2)7-11(13)14/h3-5,11,15H,6-7H2,1-2H3. The van der Waals surface area contributed by atoms with E-state index in [4.69, 9.17) is 11.6 Å². The van der Waals surface area contributed by atoms with E-state index >= 15 is 0 Å². The van der Waals surface area contributed by atoms with Crippen molar-refractivity contribution in [1.29, 1.82) is 0 Å². The molecule has 5 heteroatoms. The fraction of sp³-hybridized carbons (Fsp3) is 0.455. The van der Waals surface area contributed by atoms with Crippen LogP contribution < -0.4 is 10.2 Å². The summed E-state index contributed by atoms with van der Waals surface area (Å²) in [6, 6.07) is 5.31. The van der Waals surface area contributed by atoms with Crippen LogP contribution in [0.1, 0.15) is 5.56 Å². The number of nitrogens with zero attached hydrogens (tertiary/aromatic N) is 1. The third-order valence-corrected chi connectivity index (χ3v) is 2.62. The number of alkyl halides is 2. The van der Waals surface area contributed by atoms with Crippen molar-refractivity contribution in [2.45, 2.75) is 13.0 Å². The van der Waals surface area contributed by atoms with Gasteiger partial charge in [-0.05, 0) is 19.2 Å². The lowest BCUT2D eigenvalue weighted by atomic mass is 10.1. The molecule has 1 N–H and O–H groups in total. The summed E-state index contributed by atoms with van der Waals surface area (Å²) in [7, 11) is 3.43. The van der Waals surface area contributed by atoms with E-state index in [1.807, 2.05) is 0 Å². The largest absolute Gasteiger partial charge is 0.369 e. The lowest BCUT2D eigenvalue weighted by Crippen LogP contribution is -2.25. The molecule has 16 heavy (non-hydrogen) atoms. The van der Waals surface area contributed by atoms with Gasteiger partial charge in [-0.15, -0.1) is 0 Å². The third-order valence-electron chi connectivity index (χ3n) is 2.27. The van der Waals surface area contributed by atoms with Crippen LogP contribution in [-0.4, -0.2) is 27.1 Å². The molecule has 0 unspecified atom stereocenters. The van der Waals surface area contributed by atoms with E-state index in [0.29, 0.717) is 11.6 Å². The van der Waals surface area contributed by atoms with E-state index in [1.54, 1.807) is 32.3 Å². The molecule has 1 aromatic rings. The summed E-state index contributed by atoms with van der Waals surface area (Å²) in [4.78, 5) is 1.52. The van der Waals surface area contributed by atoms with Gasteiger partial charge in [0.2, 0.25) is 0 Å². The molecular formula is C11H15ClF2N2. The third kappa shape index (κ3) is 3.32. The molecule has 0 aromatic heterocycles. The van der Waals surface area contributed by atoms with Gasteiger partial charge in [0.05, 0.1) is 6.54 Å². The van der Waals surface area contributed by atoms with Crippen molar-refractivity contribution in [3.63, 3.8) is 0 Å². The van der Waals surface area contributed by atoms with Gasteiger partial charge in [0.25, 0.3) is 6.43 Å². The second kappa shape index (κ2) is 6.01. The molecule has 2 nitrogen and oxygen atoms in total. The van der Waals surface area contributed by atoms with Crippen LogP contribution in [0.3, 0.4) is 0 Å². The predicted octanol–water partition coefficient (Wildman–Crippen LogP) is 2.76. The van der Waals surface area contributed by atoms with Gasteiger partial charge in [0.1, 0.15) is 0 Å². The Morgan fingerprint density at radius 2 is 2.12 bits per heavy atom. The van der Waals surface area contributed by atoms with Crippen LogP contribution in [0.15, 0.2) is 18.2 Å². The first-order chi connectivity index (χ1) is 7.56. The smallest absolute Gasteiger partial charge is 0.255 e. The van der Waals surface area contributed by atoms with E-state index in [2.05, 4.69) is 5.32 Å². The van der Waals surface area contributed by atoms with Gasteiger partial charge in [0, 0.05) is 29.9 Å². The summed E-state index contributed by atoms with van der Waals surface area (Å²) < 4.78 is 24.6. The minimum Gasteiger partial charge on any atom is -0.369 e. The van der Waals surface area contributed by atoms with Gasteiger partial charge in [-0.25, -0.2) is 8.78 Å². The maximum absolute atomic E-state index is 12.3. The van der Waals surface area contributed by atoms with Crippen molar-refractivity contribution < 1.29 is 8.78 Å². The fourth-order valence-electron chi connectivity index (χ4n) is 1.56. The molecule has 0 heterocycles. The quantitative estimate of drug-likeness (QED) is 0.862. The summed E-state index contributed by atoms with van der Waals surface area (Å²) in [5.74, 6) is 0. The van der Waals surface area contributed by atoms with Crippen molar-refractivity contribution in [3.8, 4) is 0 Å². The van der Waals surface area contributed by atoms with Crippen LogP contribution in [0.5, 0.6) is 0 Å². The Morgan fingerprint density at radius 3 is 2.69 bits per heavy atom. The van der Waals surface area contributed by atoms with E-state index in [1.165, 1.54) is 4.90 Å². The molecule has 0 radical (unpaired) electrons. The number of hydrogen-bond acceptors (Lipinski definition) is 2. The molecule has 0 fully saturated rings. The van der Waals surface area contributed by atoms with Crippen molar-refractivity contribution in [3.05, 3.63) is 28.8 Å². The van der Waals surface area contributed by atoms with Crippen LogP contribution in [0.4, 0.5) is 14.5 Å². The molecule has 0 amide bonds. The number of rotatable bonds is 5. The summed E-state index contributed by atoms with van der Waals surface area (Å²) in [5, 5.41) is 3.57. The minimum absolute atomic E-state index is 0.295. The lowest BCUT2D eigenvalue weighted by molar-refractivity contribution is 0.156. The first kappa shape index (κ1) is 13.2. The van der Waals surface area contributed by atoms with Crippen LogP contribution in [-0.2, 0) is 6.54 Å². The molecule has 0 spiro atoms. The summed E-state index contributed by atoms with van der Waals surface area (Å²) in [6.07, 6.45) is -2.36. The molecule has 0 atom stereocenters. The average Bonchev–Trinajstić information content (AvgIpc) is 2.20. The second-order valence-electron chi connectivity index (χ2n) is 3.54. The van der Waals surface area contributed by atoms with Crippen LogP contribution in [0.2, 0.25) is 5.02 Å². The van der Waals surface area contributed by atoms with Crippen molar-refractivity contribution in [2.75, 3.05) is 25.5 Å². The van der Waals surface area contributed by atoms with E-state index in [-0.39, 0.29) is 6.54 Å². The normalized spacial score (nSPS) is 10.9. The number of hydrogen-bond donors (Lipinski definition) is 1. The van der Waals surface area contributed by atoms with Gasteiger partial charge < -0.3 is 10.2 Å². The molecule has 0 bridgehead atoms. The maximum Gasteiger partial charge on any atom is 0.255 e. The van der Waals surface area contributed by atoms with Crippen molar-refractivity contribution in [1.82, 2.24) is 5.32 Å². The molecular weight excluding hydrogens is 234 g/mol. The summed E-state index contributed by atoms with van der Waals surface area (Å²) >= 11 is 6.03. The zero-order valence-electron chi connectivity index (χ0n) is 9.30. The highest BCUT2D eigenvalue weighted by Crippen LogP contribution is 2.27. The Labute approximate surface area is 99.2 Å². The molecule has 0 saturated carbocycles. The summed E-state index contributed by atoms with van der Waals surface area (Å²) in [5.41, 5.74) is 1.58. The Morgan fingerprint density at radius 1 is 1.44 bits per heavy atom. The molecule has 0 aliphatic heterocycles. The molecule has 90 valence electrons. The van der Waals surface area contributed by atoms with Gasteiger partial charge in [0.15, 0.2) is 0 Å². The van der Waals surface area contributed by atoms with E-state index in [0.717, 1.165) is 11.3 Å². The Bertz CT molecular complexity index is 345. The lowest BCUT2D eigenvalue weighted by Gasteiger charge is -2.22. The molecule has 0 aliphatic carbocycles. The van der Waals surface area contributed by atoms with Gasteiger partial charge in [-0.3, -0.25) is 0 Å². The second-order valence-corrected chi connectivity index (χ2v) is 3.95. The Balaban J connectivity index is 2.97. The number of nitrogens with one attached hydrogen (secondary N) is 1. The van der Waals surface area contributed by atoms with Gasteiger partial charge in [-0.2, -0.15) is 0 Å². The highest BCUT2D eigenvalue weighted by Gasteiger charge is 2.13. The SMILES string of the molecule is CNCc1c(Cl)cccc1N(C)CC(F)F. The van der Waals surface area contributed by atoms with Crippen molar-refractivity contribution >= 4 is 17.3 Å². The zero-order valence-corrected chi connectivity index (χ0v) is 10.1. The fourth-order valence-corrected chi connectivity index (χ4v) is 1.80. The van der Waals surface area contributed by atoms with Gasteiger partial charge in [-0.1, -0.05) is 17.7 Å². The first-order valence-electron chi connectivity index (χ1n) is 4.97. The molecule has 0 aliphatic rings. The average molecular weight is 249 g/mol. The highest BCUT2D eigenvalue weighted by molar-refractivity contribution is 6.31. The van der Waals surface area contributed by atoms with E-state index in [9.17, 15) is 8.78 Å². The number of benzene rings is 1. The first-order valence-corrected chi connectivity index (χ1v) is 5.35. The highest BCUT2D eigenvalue weighted by atomic mass is 35.5. The molecule has 1 rings (SSSR count). The maximum atomic E-state index is 12.3. The Kier molecular flexibility index (Phi) is 4.96. The predicted molar refractivity (Wildman–Crippen MR) is 63.5 cm³/mol. The monoisotopic (exact) mass is 248 g/mol. The van der Waals surface area contributed by atoms with Crippen LogP contribution in [0.25, 0.3) is 0 Å².